The first kappa shape index (κ1) is 16.1. The summed E-state index contributed by atoms with van der Waals surface area (Å²) in [6, 6.07) is 6.24. The van der Waals surface area contributed by atoms with Crippen molar-refractivity contribution >= 4 is 39.0 Å². The van der Waals surface area contributed by atoms with Gasteiger partial charge in [0.1, 0.15) is 11.6 Å². The highest BCUT2D eigenvalue weighted by Crippen LogP contribution is 2.29. The number of anilines is 3. The molecule has 0 atom stereocenters. The van der Waals surface area contributed by atoms with Crippen LogP contribution in [0, 0.1) is 6.92 Å². The maximum Gasteiger partial charge on any atom is 0.227 e. The first-order valence-electron chi connectivity index (χ1n) is 8.66. The number of pyridine rings is 1. The van der Waals surface area contributed by atoms with E-state index in [-0.39, 0.29) is 0 Å². The van der Waals surface area contributed by atoms with E-state index in [2.05, 4.69) is 54.5 Å². The van der Waals surface area contributed by atoms with Gasteiger partial charge in [-0.1, -0.05) is 0 Å². The second-order valence-corrected chi connectivity index (χ2v) is 7.11. The van der Waals surface area contributed by atoms with Crippen LogP contribution in [-0.2, 0) is 0 Å². The Bertz CT molecular complexity index is 869. The Morgan fingerprint density at radius 1 is 1.12 bits per heavy atom. The lowest BCUT2D eigenvalue weighted by Crippen LogP contribution is -2.47. The molecule has 3 aromatic heterocycles. The van der Waals surface area contributed by atoms with E-state index in [1.54, 1.807) is 11.3 Å². The smallest absolute Gasteiger partial charge is 0.227 e. The summed E-state index contributed by atoms with van der Waals surface area (Å²) in [5.41, 5.74) is 0.994. The van der Waals surface area contributed by atoms with E-state index in [4.69, 9.17) is 0 Å². The molecule has 1 aliphatic rings. The molecule has 1 saturated heterocycles. The SMILES string of the molecule is CCNc1cc(C)nc(N2CCN(c3nccc4sccc34)CC2)n1. The van der Waals surface area contributed by atoms with Crippen LogP contribution in [-0.4, -0.2) is 47.7 Å². The van der Waals surface area contributed by atoms with Gasteiger partial charge in [-0.15, -0.1) is 11.3 Å². The van der Waals surface area contributed by atoms with E-state index < -0.39 is 0 Å². The predicted octanol–water partition coefficient (Wildman–Crippen LogP) is 3.15. The lowest BCUT2D eigenvalue weighted by atomic mass is 10.2. The maximum absolute atomic E-state index is 4.66. The predicted molar refractivity (Wildman–Crippen MR) is 105 cm³/mol. The van der Waals surface area contributed by atoms with Crippen LogP contribution in [0.1, 0.15) is 12.6 Å². The molecule has 130 valence electrons. The number of nitrogens with zero attached hydrogens (tertiary/aromatic N) is 5. The third-order valence-corrected chi connectivity index (χ3v) is 5.30. The first-order valence-corrected chi connectivity index (χ1v) is 9.54. The third-order valence-electron chi connectivity index (χ3n) is 4.42. The Morgan fingerprint density at radius 2 is 1.92 bits per heavy atom. The number of hydrogen-bond acceptors (Lipinski definition) is 7. The summed E-state index contributed by atoms with van der Waals surface area (Å²) < 4.78 is 1.30. The van der Waals surface area contributed by atoms with Crippen molar-refractivity contribution in [2.24, 2.45) is 0 Å². The molecule has 1 fully saturated rings. The number of thiophene rings is 1. The van der Waals surface area contributed by atoms with E-state index in [9.17, 15) is 0 Å². The molecule has 1 aliphatic heterocycles. The van der Waals surface area contributed by atoms with E-state index in [1.807, 2.05) is 19.2 Å². The average molecular weight is 354 g/mol. The topological polar surface area (TPSA) is 57.2 Å². The van der Waals surface area contributed by atoms with Crippen molar-refractivity contribution in [2.75, 3.05) is 47.8 Å². The van der Waals surface area contributed by atoms with Crippen molar-refractivity contribution in [2.45, 2.75) is 13.8 Å². The van der Waals surface area contributed by atoms with Crippen molar-refractivity contribution in [1.82, 2.24) is 15.0 Å². The van der Waals surface area contributed by atoms with Gasteiger partial charge in [-0.2, -0.15) is 4.98 Å². The second kappa shape index (κ2) is 6.84. The highest BCUT2D eigenvalue weighted by atomic mass is 32.1. The summed E-state index contributed by atoms with van der Waals surface area (Å²) in [4.78, 5) is 18.5. The van der Waals surface area contributed by atoms with E-state index in [0.717, 1.165) is 56.0 Å². The fourth-order valence-electron chi connectivity index (χ4n) is 3.22. The summed E-state index contributed by atoms with van der Waals surface area (Å²) in [5.74, 6) is 2.81. The van der Waals surface area contributed by atoms with Crippen molar-refractivity contribution in [3.8, 4) is 0 Å². The summed E-state index contributed by atoms with van der Waals surface area (Å²) in [6.45, 7) is 8.61. The zero-order valence-corrected chi connectivity index (χ0v) is 15.4. The van der Waals surface area contributed by atoms with Crippen molar-refractivity contribution in [1.29, 1.82) is 0 Å². The van der Waals surface area contributed by atoms with E-state index >= 15 is 0 Å². The lowest BCUT2D eigenvalue weighted by Gasteiger charge is -2.35. The number of aryl methyl sites for hydroxylation is 1. The van der Waals surface area contributed by atoms with Gasteiger partial charge >= 0.3 is 0 Å². The zero-order valence-electron chi connectivity index (χ0n) is 14.6. The van der Waals surface area contributed by atoms with Gasteiger partial charge in [-0.25, -0.2) is 9.97 Å². The first-order chi connectivity index (χ1) is 12.2. The lowest BCUT2D eigenvalue weighted by molar-refractivity contribution is 0.635. The van der Waals surface area contributed by atoms with Gasteiger partial charge in [0.2, 0.25) is 5.95 Å². The highest BCUT2D eigenvalue weighted by Gasteiger charge is 2.22. The second-order valence-electron chi connectivity index (χ2n) is 6.17. The van der Waals surface area contributed by atoms with Gasteiger partial charge in [-0.05, 0) is 31.4 Å². The van der Waals surface area contributed by atoms with Crippen molar-refractivity contribution in [3.05, 3.63) is 35.5 Å². The van der Waals surface area contributed by atoms with Crippen LogP contribution in [0.3, 0.4) is 0 Å². The van der Waals surface area contributed by atoms with Crippen LogP contribution in [0.15, 0.2) is 29.8 Å². The molecule has 25 heavy (non-hydrogen) atoms. The molecule has 7 heteroatoms. The molecule has 0 aliphatic carbocycles. The number of piperazine rings is 1. The standard InChI is InChI=1S/C18H22N6S/c1-3-19-16-12-13(2)21-18(22-16)24-9-7-23(8-10-24)17-14-5-11-25-15(14)4-6-20-17/h4-6,11-12H,3,7-10H2,1-2H3,(H,19,21,22). The Balaban J connectivity index is 1.51. The van der Waals surface area contributed by atoms with E-state index in [1.165, 1.54) is 10.1 Å². The van der Waals surface area contributed by atoms with Crippen molar-refractivity contribution < 1.29 is 0 Å². The summed E-state index contributed by atoms with van der Waals surface area (Å²) in [5, 5.41) is 6.67. The van der Waals surface area contributed by atoms with Gasteiger partial charge in [0.25, 0.3) is 0 Å². The average Bonchev–Trinajstić information content (AvgIpc) is 3.10. The van der Waals surface area contributed by atoms with Gasteiger partial charge < -0.3 is 15.1 Å². The molecule has 0 spiro atoms. The van der Waals surface area contributed by atoms with Crippen LogP contribution in [0.2, 0.25) is 0 Å². The zero-order chi connectivity index (χ0) is 17.2. The van der Waals surface area contributed by atoms with Gasteiger partial charge in [0, 0.05) is 60.8 Å². The molecular formula is C18H22N6S. The van der Waals surface area contributed by atoms with Crippen LogP contribution in [0.4, 0.5) is 17.6 Å². The van der Waals surface area contributed by atoms with Crippen molar-refractivity contribution in [3.63, 3.8) is 0 Å². The van der Waals surface area contributed by atoms with Crippen LogP contribution >= 0.6 is 11.3 Å². The fourth-order valence-corrected chi connectivity index (χ4v) is 3.99. The number of hydrogen-bond donors (Lipinski definition) is 1. The number of nitrogens with one attached hydrogen (secondary N) is 1. The number of rotatable bonds is 4. The maximum atomic E-state index is 4.66. The molecule has 0 amide bonds. The Labute approximate surface area is 151 Å². The molecular weight excluding hydrogens is 332 g/mol. The Hall–Kier alpha value is -2.41. The molecule has 0 saturated carbocycles. The minimum atomic E-state index is 0.817. The quantitative estimate of drug-likeness (QED) is 0.777. The molecule has 0 bridgehead atoms. The summed E-state index contributed by atoms with van der Waals surface area (Å²) in [7, 11) is 0. The minimum Gasteiger partial charge on any atom is -0.370 e. The molecule has 6 nitrogen and oxygen atoms in total. The normalized spacial score (nSPS) is 15.0. The highest BCUT2D eigenvalue weighted by molar-refractivity contribution is 7.17. The van der Waals surface area contributed by atoms with Gasteiger partial charge in [0.15, 0.2) is 0 Å². The molecule has 1 N–H and O–H groups in total. The minimum absolute atomic E-state index is 0.817. The molecule has 4 heterocycles. The molecule has 0 unspecified atom stereocenters. The third kappa shape index (κ3) is 3.24. The number of aromatic nitrogens is 3. The van der Waals surface area contributed by atoms with Crippen LogP contribution < -0.4 is 15.1 Å². The molecule has 3 aromatic rings. The molecule has 0 aromatic carbocycles. The Kier molecular flexibility index (Phi) is 4.40. The van der Waals surface area contributed by atoms with Gasteiger partial charge in [0.05, 0.1) is 0 Å². The summed E-state index contributed by atoms with van der Waals surface area (Å²) >= 11 is 1.77. The summed E-state index contributed by atoms with van der Waals surface area (Å²) in [6.07, 6.45) is 1.91. The number of fused-ring (bicyclic) bond motifs is 1. The largest absolute Gasteiger partial charge is 0.370 e. The monoisotopic (exact) mass is 354 g/mol. The fraction of sp³-hybridized carbons (Fsp3) is 0.389. The van der Waals surface area contributed by atoms with E-state index in [0.29, 0.717) is 0 Å². The molecule has 4 rings (SSSR count). The molecule has 0 radical (unpaired) electrons. The van der Waals surface area contributed by atoms with Crippen LogP contribution in [0.25, 0.3) is 10.1 Å². The Morgan fingerprint density at radius 3 is 2.72 bits per heavy atom. The van der Waals surface area contributed by atoms with Gasteiger partial charge in [-0.3, -0.25) is 0 Å². The van der Waals surface area contributed by atoms with Crippen LogP contribution in [0.5, 0.6) is 0 Å².